The Hall–Kier alpha value is -3.76. The normalized spacial score (nSPS) is 17.9. The molecule has 1 N–H and O–H groups in total. The molecule has 8 nitrogen and oxygen atoms in total. The van der Waals surface area contributed by atoms with Crippen molar-refractivity contribution in [1.82, 2.24) is 4.90 Å². The number of halogens is 1. The number of rotatable bonds is 8. The average molecular weight is 565 g/mol. The minimum absolute atomic E-state index is 0.0569. The quantitative estimate of drug-likeness (QED) is 0.448. The van der Waals surface area contributed by atoms with Crippen molar-refractivity contribution in [2.45, 2.75) is 30.7 Å². The number of Topliss-reactive ketones (excluding diaryl/α,β-unsaturated/α-hetero) is 1. The number of carbonyl (C=O) groups excluding carboxylic acids is 2. The number of piperazine rings is 1. The van der Waals surface area contributed by atoms with E-state index in [2.05, 4.69) is 15.1 Å². The van der Waals surface area contributed by atoms with Crippen LogP contribution in [0, 0.1) is 6.92 Å². The van der Waals surface area contributed by atoms with E-state index in [1.807, 2.05) is 19.1 Å². The number of sulfonamides is 1. The van der Waals surface area contributed by atoms with Gasteiger partial charge in [-0.05, 0) is 55.0 Å². The number of para-hydroxylation sites is 1. The first-order valence-electron chi connectivity index (χ1n) is 13.4. The number of fused-ring (bicyclic) bond motifs is 1. The molecular formula is C30H33FN4O4S. The average Bonchev–Trinajstić information content (AvgIpc) is 2.94. The molecule has 10 heteroatoms. The van der Waals surface area contributed by atoms with E-state index in [-0.39, 0.29) is 30.2 Å². The third kappa shape index (κ3) is 5.88. The first-order chi connectivity index (χ1) is 19.3. The van der Waals surface area contributed by atoms with E-state index in [1.165, 1.54) is 12.1 Å². The summed E-state index contributed by atoms with van der Waals surface area (Å²) in [5.41, 5.74) is 3.50. The molecule has 1 saturated heterocycles. The monoisotopic (exact) mass is 564 g/mol. The Kier molecular flexibility index (Phi) is 8.18. The summed E-state index contributed by atoms with van der Waals surface area (Å²) in [6, 6.07) is 19.6. The number of hydrogen-bond acceptors (Lipinski definition) is 6. The van der Waals surface area contributed by atoms with Gasteiger partial charge in [0.05, 0.1) is 17.0 Å². The SMILES string of the molecule is Cc1ccc(S(=O)(=O)N2c3ccccc3CC(=O)[C@H]2CC(=O)Nc2ccc(N3CCN(CCF)CC3)cc2)cc1. The lowest BCUT2D eigenvalue weighted by atomic mass is 9.94. The van der Waals surface area contributed by atoms with Crippen LogP contribution in [0.1, 0.15) is 17.5 Å². The van der Waals surface area contributed by atoms with Crippen LogP contribution in [0.2, 0.25) is 0 Å². The van der Waals surface area contributed by atoms with Crippen LogP contribution in [0.15, 0.2) is 77.7 Å². The van der Waals surface area contributed by atoms with Crippen molar-refractivity contribution in [3.8, 4) is 0 Å². The molecule has 5 rings (SSSR count). The number of carbonyl (C=O) groups is 2. The van der Waals surface area contributed by atoms with Crippen LogP contribution in [0.25, 0.3) is 0 Å². The molecule has 0 unspecified atom stereocenters. The van der Waals surface area contributed by atoms with Crippen LogP contribution < -0.4 is 14.5 Å². The molecule has 2 aliphatic heterocycles. The van der Waals surface area contributed by atoms with Gasteiger partial charge in [-0.1, -0.05) is 35.9 Å². The maximum absolute atomic E-state index is 13.8. The third-order valence-electron chi connectivity index (χ3n) is 7.49. The van der Waals surface area contributed by atoms with Crippen molar-refractivity contribution in [2.24, 2.45) is 0 Å². The fraction of sp³-hybridized carbons (Fsp3) is 0.333. The summed E-state index contributed by atoms with van der Waals surface area (Å²) in [6.07, 6.45) is -0.252. The van der Waals surface area contributed by atoms with Gasteiger partial charge in [0.25, 0.3) is 10.0 Å². The number of anilines is 3. The van der Waals surface area contributed by atoms with Crippen molar-refractivity contribution in [1.29, 1.82) is 0 Å². The van der Waals surface area contributed by atoms with Crippen molar-refractivity contribution in [2.75, 3.05) is 53.9 Å². The van der Waals surface area contributed by atoms with Crippen LogP contribution in [-0.2, 0) is 26.0 Å². The molecule has 2 aliphatic rings. The highest BCUT2D eigenvalue weighted by atomic mass is 32.2. The predicted octanol–water partition coefficient (Wildman–Crippen LogP) is 3.80. The second kappa shape index (κ2) is 11.8. The summed E-state index contributed by atoms with van der Waals surface area (Å²) >= 11 is 0. The molecule has 0 spiro atoms. The van der Waals surface area contributed by atoms with Gasteiger partial charge in [-0.25, -0.2) is 12.8 Å². The molecule has 0 bridgehead atoms. The zero-order valence-corrected chi connectivity index (χ0v) is 23.2. The lowest BCUT2D eigenvalue weighted by Crippen LogP contribution is -2.50. The molecule has 3 aromatic rings. The Bertz CT molecular complexity index is 1470. The van der Waals surface area contributed by atoms with Gasteiger partial charge in [-0.15, -0.1) is 0 Å². The largest absolute Gasteiger partial charge is 0.369 e. The number of alkyl halides is 1. The smallest absolute Gasteiger partial charge is 0.265 e. The summed E-state index contributed by atoms with van der Waals surface area (Å²) in [7, 11) is -4.12. The van der Waals surface area contributed by atoms with Gasteiger partial charge >= 0.3 is 0 Å². The molecular weight excluding hydrogens is 531 g/mol. The Morgan fingerprint density at radius 2 is 1.62 bits per heavy atom. The summed E-state index contributed by atoms with van der Waals surface area (Å²) in [6.45, 7) is 5.15. The highest BCUT2D eigenvalue weighted by Crippen LogP contribution is 2.35. The maximum Gasteiger partial charge on any atom is 0.265 e. The summed E-state index contributed by atoms with van der Waals surface area (Å²) in [5, 5.41) is 2.83. The van der Waals surface area contributed by atoms with Crippen LogP contribution in [0.5, 0.6) is 0 Å². The second-order valence-electron chi connectivity index (χ2n) is 10.2. The van der Waals surface area contributed by atoms with Gasteiger partial charge in [0, 0.05) is 50.5 Å². The minimum Gasteiger partial charge on any atom is -0.369 e. The number of ketones is 1. The van der Waals surface area contributed by atoms with Crippen LogP contribution in [0.4, 0.5) is 21.5 Å². The Morgan fingerprint density at radius 3 is 2.30 bits per heavy atom. The highest BCUT2D eigenvalue weighted by Gasteiger charge is 2.41. The number of hydrogen-bond donors (Lipinski definition) is 1. The zero-order valence-electron chi connectivity index (χ0n) is 22.4. The Labute approximate surface area is 234 Å². The molecule has 0 radical (unpaired) electrons. The molecule has 3 aromatic carbocycles. The molecule has 1 amide bonds. The van der Waals surface area contributed by atoms with Gasteiger partial charge in [-0.2, -0.15) is 0 Å². The Balaban J connectivity index is 1.32. The number of nitrogens with zero attached hydrogens (tertiary/aromatic N) is 3. The van der Waals surface area contributed by atoms with E-state index >= 15 is 0 Å². The minimum atomic E-state index is -4.12. The molecule has 1 atom stereocenters. The molecule has 0 aliphatic carbocycles. The van der Waals surface area contributed by atoms with Crippen LogP contribution >= 0.6 is 0 Å². The number of benzene rings is 3. The van der Waals surface area contributed by atoms with Gasteiger partial charge in [0.2, 0.25) is 5.91 Å². The fourth-order valence-electron chi connectivity index (χ4n) is 5.29. The number of nitrogens with one attached hydrogen (secondary N) is 1. The molecule has 2 heterocycles. The first-order valence-corrected chi connectivity index (χ1v) is 14.8. The molecule has 40 heavy (non-hydrogen) atoms. The lowest BCUT2D eigenvalue weighted by molar-refractivity contribution is -0.123. The van der Waals surface area contributed by atoms with Crippen LogP contribution in [-0.4, -0.2) is 70.4 Å². The molecule has 210 valence electrons. The third-order valence-corrected chi connectivity index (χ3v) is 9.33. The highest BCUT2D eigenvalue weighted by molar-refractivity contribution is 7.93. The maximum atomic E-state index is 13.8. The predicted molar refractivity (Wildman–Crippen MR) is 154 cm³/mol. The van der Waals surface area contributed by atoms with Crippen molar-refractivity contribution in [3.63, 3.8) is 0 Å². The summed E-state index contributed by atoms with van der Waals surface area (Å²) in [5.74, 6) is -0.777. The number of aryl methyl sites for hydroxylation is 1. The molecule has 1 fully saturated rings. The first kappa shape index (κ1) is 27.8. The van der Waals surface area contributed by atoms with Crippen molar-refractivity contribution in [3.05, 3.63) is 83.9 Å². The summed E-state index contributed by atoms with van der Waals surface area (Å²) in [4.78, 5) is 30.8. The standard InChI is InChI=1S/C30H33FN4O4S/c1-22-6-12-26(13-7-22)40(38,39)35-27-5-3-2-4-23(27)20-29(36)28(35)21-30(37)32-24-8-10-25(11-9-24)34-18-16-33(15-14-31)17-19-34/h2-13,28H,14-21H2,1H3,(H,32,37)/t28-/m1/s1. The van der Waals surface area contributed by atoms with Crippen LogP contribution in [0.3, 0.4) is 0 Å². The van der Waals surface area contributed by atoms with Gasteiger partial charge in [0.1, 0.15) is 12.7 Å². The second-order valence-corrected chi connectivity index (χ2v) is 12.0. The van der Waals surface area contributed by atoms with E-state index < -0.39 is 22.0 Å². The van der Waals surface area contributed by atoms with Gasteiger partial charge in [0.15, 0.2) is 5.78 Å². The molecule has 0 aromatic heterocycles. The Morgan fingerprint density at radius 1 is 0.950 bits per heavy atom. The van der Waals surface area contributed by atoms with Crippen molar-refractivity contribution >= 4 is 38.8 Å². The van der Waals surface area contributed by atoms with E-state index in [0.717, 1.165) is 41.7 Å². The fourth-order valence-corrected chi connectivity index (χ4v) is 6.96. The van der Waals surface area contributed by atoms with E-state index in [1.54, 1.807) is 48.5 Å². The lowest BCUT2D eigenvalue weighted by Gasteiger charge is -2.36. The summed E-state index contributed by atoms with van der Waals surface area (Å²) < 4.78 is 41.4. The van der Waals surface area contributed by atoms with E-state index in [4.69, 9.17) is 0 Å². The van der Waals surface area contributed by atoms with Crippen molar-refractivity contribution < 1.29 is 22.4 Å². The molecule has 0 saturated carbocycles. The van der Waals surface area contributed by atoms with Gasteiger partial charge in [-0.3, -0.25) is 18.8 Å². The topological polar surface area (TPSA) is 90.0 Å². The zero-order chi connectivity index (χ0) is 28.3. The van der Waals surface area contributed by atoms with E-state index in [0.29, 0.717) is 23.5 Å². The van der Waals surface area contributed by atoms with E-state index in [9.17, 15) is 22.4 Å². The number of amides is 1. The van der Waals surface area contributed by atoms with Gasteiger partial charge < -0.3 is 10.2 Å².